The van der Waals surface area contributed by atoms with Crippen LogP contribution in [0.4, 0.5) is 0 Å². The highest BCUT2D eigenvalue weighted by molar-refractivity contribution is 7.98. The van der Waals surface area contributed by atoms with Gasteiger partial charge in [0.2, 0.25) is 0 Å². The Balaban J connectivity index is 1.44. The molecule has 4 atom stereocenters. The fourth-order valence-corrected chi connectivity index (χ4v) is 4.28. The van der Waals surface area contributed by atoms with Gasteiger partial charge in [-0.25, -0.2) is 19.6 Å². The highest BCUT2D eigenvalue weighted by atomic mass is 32.2. The molecule has 29 heavy (non-hydrogen) atoms. The standard InChI is InChI=1S/C17H16N6O5S/c24-4-10-13(25)14(26)17(27-10)23-7-20-12-15(23)18-6-19-16(12)29-5-8-2-1-3-9-11(8)22-28-21-9/h1-3,6-7,10,13-14,17,24-26H,4-5H2. The van der Waals surface area contributed by atoms with Crippen molar-refractivity contribution in [2.45, 2.75) is 35.3 Å². The quantitative estimate of drug-likeness (QED) is 0.303. The molecule has 0 bridgehead atoms. The first-order valence-electron chi connectivity index (χ1n) is 8.80. The Morgan fingerprint density at radius 3 is 2.79 bits per heavy atom. The topological polar surface area (TPSA) is 152 Å². The molecular formula is C17H16N6O5S. The van der Waals surface area contributed by atoms with Crippen molar-refractivity contribution in [1.82, 2.24) is 29.8 Å². The van der Waals surface area contributed by atoms with Gasteiger partial charge in [-0.1, -0.05) is 23.9 Å². The Labute approximate surface area is 167 Å². The number of ether oxygens (including phenoxy) is 1. The monoisotopic (exact) mass is 416 g/mol. The molecule has 0 amide bonds. The van der Waals surface area contributed by atoms with Gasteiger partial charge in [0.1, 0.15) is 46.2 Å². The largest absolute Gasteiger partial charge is 0.394 e. The zero-order valence-electron chi connectivity index (χ0n) is 14.9. The van der Waals surface area contributed by atoms with E-state index in [1.165, 1.54) is 29.0 Å². The van der Waals surface area contributed by atoms with E-state index in [-0.39, 0.29) is 0 Å². The molecule has 1 aliphatic rings. The first-order valence-corrected chi connectivity index (χ1v) is 9.79. The summed E-state index contributed by atoms with van der Waals surface area (Å²) in [5.41, 5.74) is 3.33. The molecule has 1 aliphatic heterocycles. The van der Waals surface area contributed by atoms with Crippen molar-refractivity contribution in [3.05, 3.63) is 36.4 Å². The number of hydrogen-bond donors (Lipinski definition) is 3. The number of thioether (sulfide) groups is 1. The fourth-order valence-electron chi connectivity index (χ4n) is 3.36. The molecule has 1 aromatic carbocycles. The number of nitrogens with zero attached hydrogens (tertiary/aromatic N) is 6. The van der Waals surface area contributed by atoms with Crippen molar-refractivity contribution in [3.63, 3.8) is 0 Å². The SMILES string of the molecule is OCC1OC(n2cnc3c(SCc4cccc5nonc45)ncnc32)C(O)C1O. The number of aliphatic hydroxyl groups is 3. The summed E-state index contributed by atoms with van der Waals surface area (Å²) in [7, 11) is 0. The molecule has 3 aromatic heterocycles. The molecular weight excluding hydrogens is 400 g/mol. The van der Waals surface area contributed by atoms with E-state index in [2.05, 4.69) is 25.3 Å². The number of imidazole rings is 1. The number of benzene rings is 1. The molecule has 4 heterocycles. The van der Waals surface area contributed by atoms with Crippen LogP contribution in [0.15, 0.2) is 40.5 Å². The second-order valence-corrected chi connectivity index (χ2v) is 7.53. The average molecular weight is 416 g/mol. The van der Waals surface area contributed by atoms with Gasteiger partial charge in [-0.2, -0.15) is 0 Å². The van der Waals surface area contributed by atoms with E-state index in [0.717, 1.165) is 5.56 Å². The van der Waals surface area contributed by atoms with Gasteiger partial charge in [0.15, 0.2) is 11.9 Å². The molecule has 4 unspecified atom stereocenters. The number of aromatic nitrogens is 6. The van der Waals surface area contributed by atoms with Crippen LogP contribution in [0.3, 0.4) is 0 Å². The normalized spacial score (nSPS) is 24.7. The number of hydrogen-bond acceptors (Lipinski definition) is 11. The van der Waals surface area contributed by atoms with E-state index < -0.39 is 31.1 Å². The minimum absolute atomic E-state index is 0.403. The third-order valence-corrected chi connectivity index (χ3v) is 5.88. The summed E-state index contributed by atoms with van der Waals surface area (Å²) in [6.45, 7) is -0.403. The van der Waals surface area contributed by atoms with Crippen LogP contribution in [-0.2, 0) is 10.5 Å². The van der Waals surface area contributed by atoms with Crippen molar-refractivity contribution in [2.24, 2.45) is 0 Å². The maximum atomic E-state index is 10.3. The lowest BCUT2D eigenvalue weighted by Gasteiger charge is -2.16. The lowest BCUT2D eigenvalue weighted by Crippen LogP contribution is -2.33. The Hall–Kier alpha value is -2.64. The molecule has 4 aromatic rings. The second-order valence-electron chi connectivity index (χ2n) is 6.57. The van der Waals surface area contributed by atoms with Crippen LogP contribution < -0.4 is 0 Å². The Bertz CT molecular complexity index is 1170. The number of fused-ring (bicyclic) bond motifs is 2. The van der Waals surface area contributed by atoms with Crippen LogP contribution in [0, 0.1) is 0 Å². The van der Waals surface area contributed by atoms with Crippen molar-refractivity contribution in [3.8, 4) is 0 Å². The Morgan fingerprint density at radius 2 is 1.97 bits per heavy atom. The summed E-state index contributed by atoms with van der Waals surface area (Å²) in [5.74, 6) is 0.568. The predicted octanol–water partition coefficient (Wildman–Crippen LogP) is 0.266. The molecule has 12 heteroatoms. The predicted molar refractivity (Wildman–Crippen MR) is 99.7 cm³/mol. The van der Waals surface area contributed by atoms with Gasteiger partial charge in [-0.05, 0) is 21.9 Å². The summed E-state index contributed by atoms with van der Waals surface area (Å²) in [6, 6.07) is 5.65. The molecule has 1 fully saturated rings. The third kappa shape index (κ3) is 3.05. The summed E-state index contributed by atoms with van der Waals surface area (Å²) < 4.78 is 11.9. The maximum Gasteiger partial charge on any atom is 0.166 e. The van der Waals surface area contributed by atoms with Crippen molar-refractivity contribution < 1.29 is 24.7 Å². The van der Waals surface area contributed by atoms with Crippen LogP contribution in [0.5, 0.6) is 0 Å². The molecule has 150 valence electrons. The van der Waals surface area contributed by atoms with Crippen LogP contribution in [0.1, 0.15) is 11.8 Å². The summed E-state index contributed by atoms with van der Waals surface area (Å²) >= 11 is 1.45. The van der Waals surface area contributed by atoms with Gasteiger partial charge >= 0.3 is 0 Å². The lowest BCUT2D eigenvalue weighted by atomic mass is 10.1. The van der Waals surface area contributed by atoms with Gasteiger partial charge in [-0.15, -0.1) is 0 Å². The molecule has 5 rings (SSSR count). The summed E-state index contributed by atoms with van der Waals surface area (Å²) in [5, 5.41) is 38.0. The van der Waals surface area contributed by atoms with Crippen LogP contribution in [-0.4, -0.2) is 70.1 Å². The zero-order chi connectivity index (χ0) is 20.0. The zero-order valence-corrected chi connectivity index (χ0v) is 15.7. The van der Waals surface area contributed by atoms with Gasteiger partial charge in [0.25, 0.3) is 0 Å². The third-order valence-electron chi connectivity index (χ3n) is 4.85. The van der Waals surface area contributed by atoms with Crippen LogP contribution in [0.25, 0.3) is 22.2 Å². The minimum atomic E-state index is -1.21. The molecule has 0 spiro atoms. The Morgan fingerprint density at radius 1 is 1.07 bits per heavy atom. The van der Waals surface area contributed by atoms with E-state index >= 15 is 0 Å². The fraction of sp³-hybridized carbons (Fsp3) is 0.353. The van der Waals surface area contributed by atoms with Gasteiger partial charge < -0.3 is 20.1 Å². The molecule has 3 N–H and O–H groups in total. The first kappa shape index (κ1) is 18.4. The van der Waals surface area contributed by atoms with Crippen LogP contribution in [0.2, 0.25) is 0 Å². The summed E-state index contributed by atoms with van der Waals surface area (Å²) in [6.07, 6.45) is -1.31. The van der Waals surface area contributed by atoms with E-state index in [9.17, 15) is 15.3 Å². The molecule has 0 radical (unpaired) electrons. The molecule has 0 saturated carbocycles. The van der Waals surface area contributed by atoms with Crippen molar-refractivity contribution >= 4 is 34.0 Å². The van der Waals surface area contributed by atoms with Gasteiger partial charge in [-0.3, -0.25) is 4.57 Å². The van der Waals surface area contributed by atoms with Crippen molar-refractivity contribution in [1.29, 1.82) is 0 Å². The minimum Gasteiger partial charge on any atom is -0.394 e. The number of rotatable bonds is 5. The number of aliphatic hydroxyl groups excluding tert-OH is 3. The van der Waals surface area contributed by atoms with Crippen LogP contribution >= 0.6 is 11.8 Å². The highest BCUT2D eigenvalue weighted by Crippen LogP contribution is 2.33. The lowest BCUT2D eigenvalue weighted by molar-refractivity contribution is -0.0511. The molecule has 1 saturated heterocycles. The smallest absolute Gasteiger partial charge is 0.166 e. The van der Waals surface area contributed by atoms with Gasteiger partial charge in [0, 0.05) is 5.75 Å². The first-order chi connectivity index (χ1) is 14.2. The average Bonchev–Trinajstić information content (AvgIpc) is 3.45. The molecule has 0 aliphatic carbocycles. The maximum absolute atomic E-state index is 10.3. The van der Waals surface area contributed by atoms with Gasteiger partial charge in [0.05, 0.1) is 12.9 Å². The van der Waals surface area contributed by atoms with E-state index in [0.29, 0.717) is 33.0 Å². The second kappa shape index (κ2) is 7.31. The van der Waals surface area contributed by atoms with Crippen molar-refractivity contribution in [2.75, 3.05) is 6.61 Å². The highest BCUT2D eigenvalue weighted by Gasteiger charge is 2.44. The van der Waals surface area contributed by atoms with E-state index in [4.69, 9.17) is 9.37 Å². The summed E-state index contributed by atoms with van der Waals surface area (Å²) in [4.78, 5) is 12.9. The molecule has 11 nitrogen and oxygen atoms in total. The van der Waals surface area contributed by atoms with E-state index in [1.807, 2.05) is 18.2 Å². The Kier molecular flexibility index (Phi) is 4.64. The van der Waals surface area contributed by atoms with E-state index in [1.54, 1.807) is 0 Å².